The second kappa shape index (κ2) is 5.34. The highest BCUT2D eigenvalue weighted by Gasteiger charge is 2.43. The Morgan fingerprint density at radius 1 is 1.47 bits per heavy atom. The molecule has 0 bridgehead atoms. The van der Waals surface area contributed by atoms with Gasteiger partial charge in [0.05, 0.1) is 12.6 Å². The van der Waals surface area contributed by atoms with Crippen molar-refractivity contribution in [1.82, 2.24) is 4.90 Å². The molecule has 0 unspecified atom stereocenters. The molecule has 0 aromatic carbocycles. The molecule has 0 aliphatic carbocycles. The maximum absolute atomic E-state index is 11.9. The standard InChI is InChI=1S/C13H17NO5/c1-3-18-13(17)14-9(5-6-10(14)12(15)16)11-7-4-8(2)19-11/h4,7,9-10H,3,5-6H2,1-2H3,(H,15,16)/t9-,10-/m1/s1. The molecule has 0 radical (unpaired) electrons. The van der Waals surface area contributed by atoms with Crippen LogP contribution in [0.15, 0.2) is 16.5 Å². The summed E-state index contributed by atoms with van der Waals surface area (Å²) in [5.41, 5.74) is 0. The SMILES string of the molecule is CCOC(=O)N1[C@@H](C(=O)O)CC[C@@H]1c1ccc(C)o1. The molecule has 1 aliphatic rings. The third-order valence-electron chi connectivity index (χ3n) is 3.24. The van der Waals surface area contributed by atoms with Gasteiger partial charge in [0.2, 0.25) is 0 Å². The number of carbonyl (C=O) groups is 2. The Morgan fingerprint density at radius 2 is 2.21 bits per heavy atom. The summed E-state index contributed by atoms with van der Waals surface area (Å²) >= 11 is 0. The Morgan fingerprint density at radius 3 is 2.74 bits per heavy atom. The number of hydrogen-bond acceptors (Lipinski definition) is 4. The molecule has 2 heterocycles. The average Bonchev–Trinajstić information content (AvgIpc) is 2.94. The second-order valence-electron chi connectivity index (χ2n) is 4.50. The molecule has 1 fully saturated rings. The lowest BCUT2D eigenvalue weighted by molar-refractivity contribution is -0.142. The van der Waals surface area contributed by atoms with Gasteiger partial charge < -0.3 is 14.3 Å². The zero-order valence-corrected chi connectivity index (χ0v) is 11.0. The fraction of sp³-hybridized carbons (Fsp3) is 0.538. The molecule has 19 heavy (non-hydrogen) atoms. The highest BCUT2D eigenvalue weighted by Crippen LogP contribution is 2.37. The van der Waals surface area contributed by atoms with Crippen LogP contribution >= 0.6 is 0 Å². The number of carboxylic acid groups (broad SMARTS) is 1. The first-order chi connectivity index (χ1) is 9.04. The minimum absolute atomic E-state index is 0.214. The molecule has 0 saturated carbocycles. The number of aliphatic carboxylic acids is 1. The van der Waals surface area contributed by atoms with Gasteiger partial charge in [-0.3, -0.25) is 4.90 Å². The van der Waals surface area contributed by atoms with Gasteiger partial charge in [-0.25, -0.2) is 9.59 Å². The lowest BCUT2D eigenvalue weighted by Gasteiger charge is -2.26. The van der Waals surface area contributed by atoms with Crippen molar-refractivity contribution in [3.63, 3.8) is 0 Å². The second-order valence-corrected chi connectivity index (χ2v) is 4.50. The monoisotopic (exact) mass is 267 g/mol. The minimum Gasteiger partial charge on any atom is -0.480 e. The number of rotatable bonds is 3. The van der Waals surface area contributed by atoms with Crippen molar-refractivity contribution in [1.29, 1.82) is 0 Å². The van der Waals surface area contributed by atoms with Crippen LogP contribution in [0.2, 0.25) is 0 Å². The summed E-state index contributed by atoms with van der Waals surface area (Å²) in [6.45, 7) is 3.71. The van der Waals surface area contributed by atoms with Gasteiger partial charge in [-0.15, -0.1) is 0 Å². The van der Waals surface area contributed by atoms with Crippen molar-refractivity contribution in [2.45, 2.75) is 38.8 Å². The number of aryl methyl sites for hydroxylation is 1. The Kier molecular flexibility index (Phi) is 3.78. The first-order valence-electron chi connectivity index (χ1n) is 6.28. The highest BCUT2D eigenvalue weighted by molar-refractivity contribution is 5.81. The molecular weight excluding hydrogens is 250 g/mol. The molecule has 2 atom stereocenters. The first kappa shape index (κ1) is 13.5. The molecule has 0 spiro atoms. The number of furan rings is 1. The summed E-state index contributed by atoms with van der Waals surface area (Å²) in [7, 11) is 0. The topological polar surface area (TPSA) is 80.0 Å². The molecule has 1 aliphatic heterocycles. The van der Waals surface area contributed by atoms with Gasteiger partial charge in [0, 0.05) is 0 Å². The number of nitrogens with zero attached hydrogens (tertiary/aromatic N) is 1. The number of carboxylic acids is 1. The lowest BCUT2D eigenvalue weighted by Crippen LogP contribution is -2.42. The van der Waals surface area contributed by atoms with Gasteiger partial charge in [0.1, 0.15) is 17.6 Å². The molecule has 1 amide bonds. The fourth-order valence-electron chi connectivity index (χ4n) is 2.42. The summed E-state index contributed by atoms with van der Waals surface area (Å²) < 4.78 is 10.5. The molecule has 6 heteroatoms. The van der Waals surface area contributed by atoms with Gasteiger partial charge in [-0.05, 0) is 38.8 Å². The summed E-state index contributed by atoms with van der Waals surface area (Å²) in [6.07, 6.45) is 0.354. The number of hydrogen-bond donors (Lipinski definition) is 1. The van der Waals surface area contributed by atoms with E-state index in [0.29, 0.717) is 18.6 Å². The van der Waals surface area contributed by atoms with Gasteiger partial charge >= 0.3 is 12.1 Å². The van der Waals surface area contributed by atoms with Crippen LogP contribution in [0, 0.1) is 6.92 Å². The normalized spacial score (nSPS) is 22.5. The molecule has 2 rings (SSSR count). The quantitative estimate of drug-likeness (QED) is 0.909. The largest absolute Gasteiger partial charge is 0.480 e. The van der Waals surface area contributed by atoms with E-state index in [9.17, 15) is 14.7 Å². The zero-order valence-electron chi connectivity index (χ0n) is 11.0. The van der Waals surface area contributed by atoms with Gasteiger partial charge in [0.25, 0.3) is 0 Å². The maximum atomic E-state index is 11.9. The van der Waals surface area contributed by atoms with Crippen LogP contribution in [0.3, 0.4) is 0 Å². The van der Waals surface area contributed by atoms with E-state index in [1.165, 1.54) is 4.90 Å². The first-order valence-corrected chi connectivity index (χ1v) is 6.28. The molecule has 1 saturated heterocycles. The summed E-state index contributed by atoms with van der Waals surface area (Å²) in [6, 6.07) is 2.35. The Hall–Kier alpha value is -1.98. The number of carbonyl (C=O) groups excluding carboxylic acids is 1. The number of ether oxygens (including phenoxy) is 1. The molecule has 1 N–H and O–H groups in total. The van der Waals surface area contributed by atoms with E-state index in [1.807, 2.05) is 6.92 Å². The van der Waals surface area contributed by atoms with Crippen LogP contribution in [-0.2, 0) is 9.53 Å². The molecule has 6 nitrogen and oxygen atoms in total. The van der Waals surface area contributed by atoms with Gasteiger partial charge in [-0.1, -0.05) is 0 Å². The van der Waals surface area contributed by atoms with Crippen molar-refractivity contribution in [2.24, 2.45) is 0 Å². The zero-order chi connectivity index (χ0) is 14.0. The van der Waals surface area contributed by atoms with E-state index in [1.54, 1.807) is 19.1 Å². The maximum Gasteiger partial charge on any atom is 0.411 e. The summed E-state index contributed by atoms with van der Waals surface area (Å²) in [4.78, 5) is 24.4. The molecular formula is C13H17NO5. The van der Waals surface area contributed by atoms with Crippen LogP contribution in [0.5, 0.6) is 0 Å². The van der Waals surface area contributed by atoms with Crippen LogP contribution in [0.25, 0.3) is 0 Å². The van der Waals surface area contributed by atoms with Crippen LogP contribution < -0.4 is 0 Å². The van der Waals surface area contributed by atoms with Crippen molar-refractivity contribution >= 4 is 12.1 Å². The van der Waals surface area contributed by atoms with E-state index in [-0.39, 0.29) is 12.6 Å². The minimum atomic E-state index is -1.01. The smallest absolute Gasteiger partial charge is 0.411 e. The number of amides is 1. The molecule has 104 valence electrons. The fourth-order valence-corrected chi connectivity index (χ4v) is 2.42. The van der Waals surface area contributed by atoms with Gasteiger partial charge in [-0.2, -0.15) is 0 Å². The van der Waals surface area contributed by atoms with Crippen LogP contribution in [0.4, 0.5) is 4.79 Å². The van der Waals surface area contributed by atoms with Crippen molar-refractivity contribution in [3.8, 4) is 0 Å². The Labute approximate surface area is 110 Å². The number of likely N-dealkylation sites (tertiary alicyclic amines) is 1. The Bertz CT molecular complexity index is 481. The van der Waals surface area contributed by atoms with Crippen LogP contribution in [-0.4, -0.2) is 34.7 Å². The van der Waals surface area contributed by atoms with E-state index < -0.39 is 18.1 Å². The van der Waals surface area contributed by atoms with E-state index in [4.69, 9.17) is 9.15 Å². The van der Waals surface area contributed by atoms with Crippen molar-refractivity contribution in [2.75, 3.05) is 6.61 Å². The predicted octanol–water partition coefficient (Wildman–Crippen LogP) is 2.33. The van der Waals surface area contributed by atoms with Crippen molar-refractivity contribution < 1.29 is 23.8 Å². The van der Waals surface area contributed by atoms with E-state index in [2.05, 4.69) is 0 Å². The van der Waals surface area contributed by atoms with E-state index in [0.717, 1.165) is 5.76 Å². The predicted molar refractivity (Wildman–Crippen MR) is 65.7 cm³/mol. The van der Waals surface area contributed by atoms with E-state index >= 15 is 0 Å². The molecule has 1 aromatic heterocycles. The van der Waals surface area contributed by atoms with Crippen LogP contribution in [0.1, 0.15) is 37.3 Å². The van der Waals surface area contributed by atoms with Crippen molar-refractivity contribution in [3.05, 3.63) is 23.7 Å². The highest BCUT2D eigenvalue weighted by atomic mass is 16.6. The molecule has 1 aromatic rings. The summed E-state index contributed by atoms with van der Waals surface area (Å²) in [5.74, 6) is 0.325. The Balaban J connectivity index is 2.27. The summed E-state index contributed by atoms with van der Waals surface area (Å²) in [5, 5.41) is 9.19. The van der Waals surface area contributed by atoms with Gasteiger partial charge in [0.15, 0.2) is 0 Å². The third-order valence-corrected chi connectivity index (χ3v) is 3.24. The average molecular weight is 267 g/mol. The lowest BCUT2D eigenvalue weighted by atomic mass is 10.1. The third kappa shape index (κ3) is 2.57.